The molecule has 5 heteroatoms. The topological polar surface area (TPSA) is 42.0 Å². The maximum atomic E-state index is 12.8. The molecule has 1 atom stereocenters. The lowest BCUT2D eigenvalue weighted by atomic mass is 10.1. The molecule has 1 heterocycles. The van der Waals surface area contributed by atoms with Crippen LogP contribution in [-0.4, -0.2) is 50.2 Å². The normalized spacial score (nSPS) is 15.4. The van der Waals surface area contributed by atoms with Gasteiger partial charge in [0, 0.05) is 26.2 Å². The summed E-state index contributed by atoms with van der Waals surface area (Å²) in [6.45, 7) is 6.85. The van der Waals surface area contributed by atoms with Crippen molar-refractivity contribution in [3.63, 3.8) is 0 Å². The van der Waals surface area contributed by atoms with Gasteiger partial charge in [-0.25, -0.2) is 0 Å². The van der Waals surface area contributed by atoms with E-state index in [1.165, 1.54) is 0 Å². The zero-order valence-corrected chi connectivity index (χ0v) is 16.4. The molecule has 1 saturated heterocycles. The number of rotatable bonds is 6. The van der Waals surface area contributed by atoms with E-state index in [-0.39, 0.29) is 5.91 Å². The van der Waals surface area contributed by atoms with Gasteiger partial charge in [0.1, 0.15) is 11.5 Å². The third-order valence-corrected chi connectivity index (χ3v) is 5.02. The Morgan fingerprint density at radius 3 is 2.30 bits per heavy atom. The largest absolute Gasteiger partial charge is 0.495 e. The number of para-hydroxylation sites is 3. The van der Waals surface area contributed by atoms with Gasteiger partial charge >= 0.3 is 0 Å². The van der Waals surface area contributed by atoms with E-state index in [1.807, 2.05) is 54.3 Å². The summed E-state index contributed by atoms with van der Waals surface area (Å²) in [7, 11) is 1.69. The maximum absolute atomic E-state index is 12.8. The Hall–Kier alpha value is -2.69. The summed E-state index contributed by atoms with van der Waals surface area (Å²) < 4.78 is 11.4. The Morgan fingerprint density at radius 2 is 1.63 bits per heavy atom. The fourth-order valence-corrected chi connectivity index (χ4v) is 3.47. The van der Waals surface area contributed by atoms with Crippen LogP contribution in [0.4, 0.5) is 5.69 Å². The van der Waals surface area contributed by atoms with Gasteiger partial charge < -0.3 is 19.3 Å². The van der Waals surface area contributed by atoms with E-state index >= 15 is 0 Å². The van der Waals surface area contributed by atoms with Crippen molar-refractivity contribution in [3.05, 3.63) is 54.1 Å². The van der Waals surface area contributed by atoms with Gasteiger partial charge in [-0.05, 0) is 37.1 Å². The van der Waals surface area contributed by atoms with E-state index < -0.39 is 6.10 Å². The lowest BCUT2D eigenvalue weighted by Gasteiger charge is -2.37. The minimum atomic E-state index is -0.490. The minimum absolute atomic E-state index is 0.0422. The first-order valence-corrected chi connectivity index (χ1v) is 9.55. The van der Waals surface area contributed by atoms with Gasteiger partial charge in [-0.1, -0.05) is 37.3 Å². The molecule has 1 fully saturated rings. The predicted molar refractivity (Wildman–Crippen MR) is 108 cm³/mol. The van der Waals surface area contributed by atoms with Crippen molar-refractivity contribution in [1.82, 2.24) is 4.90 Å². The molecule has 0 aromatic heterocycles. The van der Waals surface area contributed by atoms with Crippen LogP contribution in [0.15, 0.2) is 48.5 Å². The number of nitrogens with zero attached hydrogens (tertiary/aromatic N) is 2. The molecule has 27 heavy (non-hydrogen) atoms. The number of hydrogen-bond acceptors (Lipinski definition) is 4. The van der Waals surface area contributed by atoms with E-state index in [0.717, 1.165) is 42.3 Å². The summed E-state index contributed by atoms with van der Waals surface area (Å²) in [4.78, 5) is 17.0. The standard InChI is InChI=1S/C22H28N2O3/c1-4-18-9-5-7-11-20(18)27-17(2)22(25)24-15-13-23(14-16-24)19-10-6-8-12-21(19)26-3/h5-12,17H,4,13-16H2,1-3H3. The van der Waals surface area contributed by atoms with E-state index in [4.69, 9.17) is 9.47 Å². The minimum Gasteiger partial charge on any atom is -0.495 e. The Balaban J connectivity index is 1.59. The Morgan fingerprint density at radius 1 is 1.00 bits per heavy atom. The SMILES string of the molecule is CCc1ccccc1OC(C)C(=O)N1CCN(c2ccccc2OC)CC1. The third-order valence-electron chi connectivity index (χ3n) is 5.02. The van der Waals surface area contributed by atoms with Gasteiger partial charge in [0.25, 0.3) is 5.91 Å². The zero-order chi connectivity index (χ0) is 19.2. The van der Waals surface area contributed by atoms with Gasteiger partial charge in [-0.2, -0.15) is 0 Å². The number of piperazine rings is 1. The number of benzene rings is 2. The third kappa shape index (κ3) is 4.35. The van der Waals surface area contributed by atoms with Gasteiger partial charge in [-0.3, -0.25) is 4.79 Å². The molecule has 2 aromatic carbocycles. The van der Waals surface area contributed by atoms with E-state index in [0.29, 0.717) is 13.1 Å². The van der Waals surface area contributed by atoms with Crippen molar-refractivity contribution in [2.45, 2.75) is 26.4 Å². The van der Waals surface area contributed by atoms with Crippen molar-refractivity contribution >= 4 is 11.6 Å². The Kier molecular flexibility index (Phi) is 6.22. The van der Waals surface area contributed by atoms with E-state index in [2.05, 4.69) is 17.9 Å². The second kappa shape index (κ2) is 8.80. The first kappa shape index (κ1) is 19.1. The fraction of sp³-hybridized carbons (Fsp3) is 0.409. The second-order valence-electron chi connectivity index (χ2n) is 6.71. The van der Waals surface area contributed by atoms with Crippen LogP contribution in [-0.2, 0) is 11.2 Å². The average Bonchev–Trinajstić information content (AvgIpc) is 2.73. The molecule has 5 nitrogen and oxygen atoms in total. The van der Waals surface area contributed by atoms with E-state index in [1.54, 1.807) is 7.11 Å². The van der Waals surface area contributed by atoms with Gasteiger partial charge in [-0.15, -0.1) is 0 Å². The van der Waals surface area contributed by atoms with Crippen molar-refractivity contribution < 1.29 is 14.3 Å². The number of methoxy groups -OCH3 is 1. The maximum Gasteiger partial charge on any atom is 0.263 e. The molecule has 0 spiro atoms. The first-order chi connectivity index (χ1) is 13.1. The van der Waals surface area contributed by atoms with Crippen molar-refractivity contribution in [2.75, 3.05) is 38.2 Å². The first-order valence-electron chi connectivity index (χ1n) is 9.55. The van der Waals surface area contributed by atoms with E-state index in [9.17, 15) is 4.79 Å². The van der Waals surface area contributed by atoms with Crippen LogP contribution in [0.5, 0.6) is 11.5 Å². The molecule has 3 rings (SSSR count). The molecule has 1 aliphatic heterocycles. The van der Waals surface area contributed by atoms with Gasteiger partial charge in [0.05, 0.1) is 12.8 Å². The molecule has 0 N–H and O–H groups in total. The molecule has 1 aliphatic rings. The number of carbonyl (C=O) groups is 1. The van der Waals surface area contributed by atoms with Crippen LogP contribution in [0.3, 0.4) is 0 Å². The van der Waals surface area contributed by atoms with Gasteiger partial charge in [0.2, 0.25) is 0 Å². The van der Waals surface area contributed by atoms with Crippen LogP contribution in [0.1, 0.15) is 19.4 Å². The van der Waals surface area contributed by atoms with Crippen LogP contribution < -0.4 is 14.4 Å². The molecular formula is C22H28N2O3. The van der Waals surface area contributed by atoms with Crippen LogP contribution in [0.25, 0.3) is 0 Å². The van der Waals surface area contributed by atoms with Crippen molar-refractivity contribution in [3.8, 4) is 11.5 Å². The molecule has 2 aromatic rings. The predicted octanol–water partition coefficient (Wildman–Crippen LogP) is 3.37. The number of anilines is 1. The smallest absolute Gasteiger partial charge is 0.263 e. The highest BCUT2D eigenvalue weighted by atomic mass is 16.5. The molecule has 1 unspecified atom stereocenters. The highest BCUT2D eigenvalue weighted by Crippen LogP contribution is 2.28. The van der Waals surface area contributed by atoms with Crippen LogP contribution in [0.2, 0.25) is 0 Å². The number of hydrogen-bond donors (Lipinski definition) is 0. The average molecular weight is 368 g/mol. The summed E-state index contributed by atoms with van der Waals surface area (Å²) >= 11 is 0. The Bertz CT molecular complexity index is 770. The number of carbonyl (C=O) groups excluding carboxylic acids is 1. The number of ether oxygens (including phenoxy) is 2. The summed E-state index contributed by atoms with van der Waals surface area (Å²) in [6.07, 6.45) is 0.393. The van der Waals surface area contributed by atoms with Gasteiger partial charge in [0.15, 0.2) is 6.10 Å². The highest BCUT2D eigenvalue weighted by molar-refractivity contribution is 5.81. The Labute approximate surface area is 161 Å². The summed E-state index contributed by atoms with van der Waals surface area (Å²) in [5.41, 5.74) is 2.20. The molecule has 144 valence electrons. The molecule has 0 bridgehead atoms. The highest BCUT2D eigenvalue weighted by Gasteiger charge is 2.27. The molecule has 0 radical (unpaired) electrons. The monoisotopic (exact) mass is 368 g/mol. The number of amides is 1. The quantitative estimate of drug-likeness (QED) is 0.784. The molecular weight excluding hydrogens is 340 g/mol. The van der Waals surface area contributed by atoms with Crippen molar-refractivity contribution in [1.29, 1.82) is 0 Å². The lowest BCUT2D eigenvalue weighted by Crippen LogP contribution is -2.52. The fourth-order valence-electron chi connectivity index (χ4n) is 3.47. The second-order valence-corrected chi connectivity index (χ2v) is 6.71. The van der Waals surface area contributed by atoms with Crippen LogP contribution >= 0.6 is 0 Å². The molecule has 1 amide bonds. The van der Waals surface area contributed by atoms with Crippen LogP contribution in [0, 0.1) is 0 Å². The summed E-state index contributed by atoms with van der Waals surface area (Å²) in [6, 6.07) is 15.9. The lowest BCUT2D eigenvalue weighted by molar-refractivity contribution is -0.138. The number of aryl methyl sites for hydroxylation is 1. The van der Waals surface area contributed by atoms with Crippen molar-refractivity contribution in [2.24, 2.45) is 0 Å². The summed E-state index contributed by atoms with van der Waals surface area (Å²) in [5, 5.41) is 0. The zero-order valence-electron chi connectivity index (χ0n) is 16.4. The molecule has 0 saturated carbocycles. The molecule has 0 aliphatic carbocycles. The summed E-state index contributed by atoms with van der Waals surface area (Å²) in [5.74, 6) is 1.71.